The summed E-state index contributed by atoms with van der Waals surface area (Å²) in [7, 11) is 0. The van der Waals surface area contributed by atoms with E-state index in [0.717, 1.165) is 24.7 Å². The molecule has 1 fully saturated rings. The highest BCUT2D eigenvalue weighted by Gasteiger charge is 2.29. The zero-order chi connectivity index (χ0) is 14.5. The van der Waals surface area contributed by atoms with Gasteiger partial charge in [0, 0.05) is 36.7 Å². The summed E-state index contributed by atoms with van der Waals surface area (Å²) < 4.78 is 0. The van der Waals surface area contributed by atoms with Gasteiger partial charge in [0.1, 0.15) is 0 Å². The first-order valence-electron chi connectivity index (χ1n) is 7.82. The summed E-state index contributed by atoms with van der Waals surface area (Å²) >= 11 is 5.97. The quantitative estimate of drug-likeness (QED) is 0.885. The number of benzene rings is 1. The topological polar surface area (TPSA) is 15.3 Å². The first-order chi connectivity index (χ1) is 9.60. The molecule has 1 heterocycles. The van der Waals surface area contributed by atoms with E-state index in [1.807, 2.05) is 12.1 Å². The molecule has 0 aromatic heterocycles. The molecule has 2 rings (SSSR count). The van der Waals surface area contributed by atoms with Crippen molar-refractivity contribution >= 4 is 11.6 Å². The molecule has 0 amide bonds. The average molecular weight is 295 g/mol. The summed E-state index contributed by atoms with van der Waals surface area (Å²) in [6.07, 6.45) is 2.51. The Morgan fingerprint density at radius 3 is 2.60 bits per heavy atom. The Labute approximate surface area is 128 Å². The highest BCUT2D eigenvalue weighted by atomic mass is 35.5. The lowest BCUT2D eigenvalue weighted by Gasteiger charge is -2.42. The fourth-order valence-corrected chi connectivity index (χ4v) is 3.23. The van der Waals surface area contributed by atoms with E-state index >= 15 is 0 Å². The number of hydrogen-bond acceptors (Lipinski definition) is 2. The fraction of sp³-hybridized carbons (Fsp3) is 0.647. The Morgan fingerprint density at radius 2 is 2.00 bits per heavy atom. The maximum atomic E-state index is 5.97. The largest absolute Gasteiger partial charge is 0.311 e. The van der Waals surface area contributed by atoms with E-state index in [1.165, 1.54) is 18.4 Å². The number of rotatable bonds is 5. The minimum atomic E-state index is 0.624. The molecular formula is C17H27ClN2. The van der Waals surface area contributed by atoms with Gasteiger partial charge >= 0.3 is 0 Å². The van der Waals surface area contributed by atoms with E-state index in [4.69, 9.17) is 11.6 Å². The molecule has 2 atom stereocenters. The molecule has 1 N–H and O–H groups in total. The summed E-state index contributed by atoms with van der Waals surface area (Å²) in [5.41, 5.74) is 1.36. The molecule has 20 heavy (non-hydrogen) atoms. The van der Waals surface area contributed by atoms with Crippen molar-refractivity contribution in [3.63, 3.8) is 0 Å². The van der Waals surface area contributed by atoms with Crippen molar-refractivity contribution in [1.82, 2.24) is 10.2 Å². The van der Waals surface area contributed by atoms with E-state index in [9.17, 15) is 0 Å². The minimum absolute atomic E-state index is 0.624. The molecule has 2 nitrogen and oxygen atoms in total. The van der Waals surface area contributed by atoms with Crippen LogP contribution in [0.15, 0.2) is 24.3 Å². The van der Waals surface area contributed by atoms with Gasteiger partial charge in [0.25, 0.3) is 0 Å². The summed E-state index contributed by atoms with van der Waals surface area (Å²) in [6, 6.07) is 9.55. The molecule has 1 aromatic rings. The molecule has 0 saturated carbocycles. The molecule has 1 aromatic carbocycles. The van der Waals surface area contributed by atoms with E-state index in [1.54, 1.807) is 0 Å². The van der Waals surface area contributed by atoms with Crippen molar-refractivity contribution in [3.05, 3.63) is 34.9 Å². The number of halogens is 1. The predicted octanol–water partition coefficient (Wildman–Crippen LogP) is 3.94. The second-order valence-electron chi connectivity index (χ2n) is 6.26. The first kappa shape index (κ1) is 15.8. The number of nitrogens with zero attached hydrogens (tertiary/aromatic N) is 1. The lowest BCUT2D eigenvalue weighted by molar-refractivity contribution is 0.0885. The van der Waals surface area contributed by atoms with Gasteiger partial charge in [0.05, 0.1) is 0 Å². The average Bonchev–Trinajstić information content (AvgIpc) is 2.42. The first-order valence-corrected chi connectivity index (χ1v) is 8.19. The summed E-state index contributed by atoms with van der Waals surface area (Å²) in [4.78, 5) is 2.64. The minimum Gasteiger partial charge on any atom is -0.311 e. The Bertz CT molecular complexity index is 402. The van der Waals surface area contributed by atoms with Gasteiger partial charge in [-0.1, -0.05) is 50.9 Å². The fourth-order valence-electron chi connectivity index (χ4n) is 3.10. The molecule has 1 aliphatic rings. The zero-order valence-corrected chi connectivity index (χ0v) is 13.7. The van der Waals surface area contributed by atoms with Crippen LogP contribution in [-0.2, 0) is 6.54 Å². The third kappa shape index (κ3) is 4.21. The second-order valence-corrected chi connectivity index (χ2v) is 6.70. The predicted molar refractivity (Wildman–Crippen MR) is 87.2 cm³/mol. The van der Waals surface area contributed by atoms with Gasteiger partial charge in [-0.15, -0.1) is 0 Å². The van der Waals surface area contributed by atoms with Crippen LogP contribution in [0.3, 0.4) is 0 Å². The molecule has 1 saturated heterocycles. The van der Waals surface area contributed by atoms with Crippen LogP contribution < -0.4 is 5.32 Å². The van der Waals surface area contributed by atoms with Crippen LogP contribution >= 0.6 is 11.6 Å². The monoisotopic (exact) mass is 294 g/mol. The van der Waals surface area contributed by atoms with Gasteiger partial charge in [0.2, 0.25) is 0 Å². The molecule has 0 bridgehead atoms. The third-order valence-corrected chi connectivity index (χ3v) is 4.50. The van der Waals surface area contributed by atoms with Gasteiger partial charge < -0.3 is 5.32 Å². The van der Waals surface area contributed by atoms with Crippen LogP contribution in [-0.4, -0.2) is 30.1 Å². The second kappa shape index (κ2) is 7.44. The Kier molecular flexibility index (Phi) is 5.88. The molecule has 0 spiro atoms. The van der Waals surface area contributed by atoms with Crippen LogP contribution in [0.4, 0.5) is 0 Å². The summed E-state index contributed by atoms with van der Waals surface area (Å²) in [5.74, 6) is 0.678. The van der Waals surface area contributed by atoms with E-state index in [0.29, 0.717) is 18.0 Å². The van der Waals surface area contributed by atoms with Crippen molar-refractivity contribution < 1.29 is 0 Å². The smallest absolute Gasteiger partial charge is 0.0406 e. The van der Waals surface area contributed by atoms with Crippen molar-refractivity contribution in [2.24, 2.45) is 5.92 Å². The summed E-state index contributed by atoms with van der Waals surface area (Å²) in [6.45, 7) is 10.2. The maximum absolute atomic E-state index is 5.97. The van der Waals surface area contributed by atoms with E-state index in [2.05, 4.69) is 43.1 Å². The normalized spacial score (nSPS) is 24.2. The van der Waals surface area contributed by atoms with Crippen molar-refractivity contribution in [1.29, 1.82) is 0 Å². The van der Waals surface area contributed by atoms with Gasteiger partial charge in [0.15, 0.2) is 0 Å². The van der Waals surface area contributed by atoms with Crippen LogP contribution in [0.1, 0.15) is 39.2 Å². The standard InChI is InChI=1S/C17H27ClN2/c1-4-5-16-12-20(17(10-19-16)13(2)3)11-14-6-8-15(18)9-7-14/h6-9,13,16-17,19H,4-5,10-12H2,1-3H3. The lowest BCUT2D eigenvalue weighted by atomic mass is 9.96. The number of hydrogen-bond donors (Lipinski definition) is 1. The summed E-state index contributed by atoms with van der Waals surface area (Å²) in [5, 5.41) is 4.53. The zero-order valence-electron chi connectivity index (χ0n) is 12.9. The number of nitrogens with one attached hydrogen (secondary N) is 1. The number of piperazine rings is 1. The molecule has 0 aliphatic carbocycles. The molecule has 3 heteroatoms. The van der Waals surface area contributed by atoms with E-state index < -0.39 is 0 Å². The SMILES string of the molecule is CCCC1CN(Cc2ccc(Cl)cc2)C(C(C)C)CN1. The molecule has 1 aliphatic heterocycles. The van der Waals surface area contributed by atoms with Crippen LogP contribution in [0, 0.1) is 5.92 Å². The Morgan fingerprint density at radius 1 is 1.30 bits per heavy atom. The Hall–Kier alpha value is -0.570. The van der Waals surface area contributed by atoms with Gasteiger partial charge in [-0.25, -0.2) is 0 Å². The van der Waals surface area contributed by atoms with E-state index in [-0.39, 0.29) is 0 Å². The van der Waals surface area contributed by atoms with Crippen molar-refractivity contribution in [3.8, 4) is 0 Å². The van der Waals surface area contributed by atoms with Crippen LogP contribution in [0.5, 0.6) is 0 Å². The molecule has 2 unspecified atom stereocenters. The van der Waals surface area contributed by atoms with Gasteiger partial charge in [-0.05, 0) is 30.0 Å². The van der Waals surface area contributed by atoms with Crippen molar-refractivity contribution in [2.75, 3.05) is 13.1 Å². The Balaban J connectivity index is 2.04. The maximum Gasteiger partial charge on any atom is 0.0406 e. The van der Waals surface area contributed by atoms with Crippen molar-refractivity contribution in [2.45, 2.75) is 52.2 Å². The lowest BCUT2D eigenvalue weighted by Crippen LogP contribution is -2.57. The third-order valence-electron chi connectivity index (χ3n) is 4.25. The highest BCUT2D eigenvalue weighted by molar-refractivity contribution is 6.30. The molecular weight excluding hydrogens is 268 g/mol. The van der Waals surface area contributed by atoms with Gasteiger partial charge in [-0.3, -0.25) is 4.90 Å². The highest BCUT2D eigenvalue weighted by Crippen LogP contribution is 2.20. The van der Waals surface area contributed by atoms with Crippen LogP contribution in [0.25, 0.3) is 0 Å². The van der Waals surface area contributed by atoms with Crippen LogP contribution in [0.2, 0.25) is 5.02 Å². The molecule has 0 radical (unpaired) electrons. The van der Waals surface area contributed by atoms with Gasteiger partial charge in [-0.2, -0.15) is 0 Å². The molecule has 112 valence electrons.